The van der Waals surface area contributed by atoms with Crippen LogP contribution in [0.15, 0.2) is 29.2 Å². The molecule has 1 aliphatic heterocycles. The van der Waals surface area contributed by atoms with E-state index in [4.69, 9.17) is 0 Å². The van der Waals surface area contributed by atoms with Crippen molar-refractivity contribution < 1.29 is 8.42 Å². The number of benzene rings is 1. The number of nitrogens with one attached hydrogen (secondary N) is 2. The van der Waals surface area contributed by atoms with E-state index in [0.29, 0.717) is 17.4 Å². The second-order valence-electron chi connectivity index (χ2n) is 6.82. The summed E-state index contributed by atoms with van der Waals surface area (Å²) in [7, 11) is -3.38. The van der Waals surface area contributed by atoms with Gasteiger partial charge in [-0.3, -0.25) is 0 Å². The normalized spacial score (nSPS) is 19.0. The molecule has 4 nitrogen and oxygen atoms in total. The van der Waals surface area contributed by atoms with Crippen LogP contribution in [-0.2, 0) is 15.4 Å². The lowest BCUT2D eigenvalue weighted by Crippen LogP contribution is -2.26. The van der Waals surface area contributed by atoms with Gasteiger partial charge < -0.3 is 5.32 Å². The smallest absolute Gasteiger partial charge is 0.240 e. The van der Waals surface area contributed by atoms with Crippen LogP contribution in [0.3, 0.4) is 0 Å². The first-order valence-electron chi connectivity index (χ1n) is 7.60. The molecule has 1 aromatic rings. The maximum atomic E-state index is 12.2. The maximum absolute atomic E-state index is 12.2. The SMILES string of the molecule is CC(C)(C)c1ccc(S(=O)(=O)NCCC2CCNC2)cc1.Cl. The van der Waals surface area contributed by atoms with Crippen molar-refractivity contribution in [3.8, 4) is 0 Å². The number of rotatable bonds is 5. The molecule has 2 N–H and O–H groups in total. The summed E-state index contributed by atoms with van der Waals surface area (Å²) in [6, 6.07) is 7.19. The van der Waals surface area contributed by atoms with Crippen molar-refractivity contribution in [1.29, 1.82) is 0 Å². The molecule has 126 valence electrons. The molecular formula is C16H27ClN2O2S. The summed E-state index contributed by atoms with van der Waals surface area (Å²) < 4.78 is 27.2. The minimum atomic E-state index is -3.38. The third-order valence-electron chi connectivity index (χ3n) is 4.04. The molecule has 6 heteroatoms. The van der Waals surface area contributed by atoms with Crippen LogP contribution >= 0.6 is 12.4 Å². The fourth-order valence-electron chi connectivity index (χ4n) is 2.58. The standard InChI is InChI=1S/C16H26N2O2S.ClH/c1-16(2,3)14-4-6-15(7-5-14)21(19,20)18-11-9-13-8-10-17-12-13;/h4-7,13,17-18H,8-12H2,1-3H3;1H. The summed E-state index contributed by atoms with van der Waals surface area (Å²) >= 11 is 0. The highest BCUT2D eigenvalue weighted by Crippen LogP contribution is 2.23. The van der Waals surface area contributed by atoms with Gasteiger partial charge in [0, 0.05) is 6.54 Å². The van der Waals surface area contributed by atoms with E-state index in [1.807, 2.05) is 12.1 Å². The lowest BCUT2D eigenvalue weighted by Gasteiger charge is -2.19. The summed E-state index contributed by atoms with van der Waals surface area (Å²) in [6.07, 6.45) is 2.04. The Morgan fingerprint density at radius 3 is 2.36 bits per heavy atom. The van der Waals surface area contributed by atoms with Crippen LogP contribution in [-0.4, -0.2) is 28.1 Å². The molecular weight excluding hydrogens is 320 g/mol. The molecule has 2 rings (SSSR count). The Morgan fingerprint density at radius 1 is 1.23 bits per heavy atom. The zero-order valence-corrected chi connectivity index (χ0v) is 15.2. The van der Waals surface area contributed by atoms with Gasteiger partial charge >= 0.3 is 0 Å². The van der Waals surface area contributed by atoms with Gasteiger partial charge in [-0.25, -0.2) is 13.1 Å². The molecule has 1 unspecified atom stereocenters. The summed E-state index contributed by atoms with van der Waals surface area (Å²) in [6.45, 7) is 8.91. The largest absolute Gasteiger partial charge is 0.316 e. The van der Waals surface area contributed by atoms with Gasteiger partial charge in [-0.05, 0) is 55.0 Å². The molecule has 1 atom stereocenters. The lowest BCUT2D eigenvalue weighted by atomic mass is 9.87. The second kappa shape index (κ2) is 7.77. The predicted octanol–water partition coefficient (Wildman–Crippen LogP) is 2.68. The van der Waals surface area contributed by atoms with Crippen LogP contribution in [0.2, 0.25) is 0 Å². The van der Waals surface area contributed by atoms with E-state index in [0.717, 1.165) is 31.5 Å². The molecule has 1 heterocycles. The second-order valence-corrected chi connectivity index (χ2v) is 8.59. The van der Waals surface area contributed by atoms with Crippen LogP contribution in [0.4, 0.5) is 0 Å². The average molecular weight is 347 g/mol. The van der Waals surface area contributed by atoms with E-state index in [2.05, 4.69) is 30.8 Å². The zero-order valence-electron chi connectivity index (χ0n) is 13.6. The highest BCUT2D eigenvalue weighted by Gasteiger charge is 2.19. The van der Waals surface area contributed by atoms with E-state index < -0.39 is 10.0 Å². The summed E-state index contributed by atoms with van der Waals surface area (Å²) in [5.74, 6) is 0.593. The lowest BCUT2D eigenvalue weighted by molar-refractivity contribution is 0.519. The Hall–Kier alpha value is -0.620. The fourth-order valence-corrected chi connectivity index (χ4v) is 3.62. The molecule has 0 saturated carbocycles. The Labute approximate surface area is 140 Å². The third kappa shape index (κ3) is 5.23. The maximum Gasteiger partial charge on any atom is 0.240 e. The molecule has 1 saturated heterocycles. The molecule has 0 radical (unpaired) electrons. The van der Waals surface area contributed by atoms with Gasteiger partial charge in [-0.2, -0.15) is 0 Å². The first kappa shape index (κ1) is 19.4. The average Bonchev–Trinajstić information content (AvgIpc) is 2.91. The zero-order chi connectivity index (χ0) is 15.5. The van der Waals surface area contributed by atoms with Crippen LogP contribution in [0.5, 0.6) is 0 Å². The Balaban J connectivity index is 0.00000242. The predicted molar refractivity (Wildman–Crippen MR) is 93.2 cm³/mol. The van der Waals surface area contributed by atoms with Gasteiger partial charge in [0.2, 0.25) is 10.0 Å². The molecule has 0 aliphatic carbocycles. The van der Waals surface area contributed by atoms with Crippen molar-refractivity contribution in [1.82, 2.24) is 10.0 Å². The van der Waals surface area contributed by atoms with Gasteiger partial charge in [-0.1, -0.05) is 32.9 Å². The highest BCUT2D eigenvalue weighted by atomic mass is 35.5. The fraction of sp³-hybridized carbons (Fsp3) is 0.625. The van der Waals surface area contributed by atoms with Crippen molar-refractivity contribution in [2.24, 2.45) is 5.92 Å². The first-order valence-corrected chi connectivity index (χ1v) is 9.08. The Bertz CT molecular complexity index is 559. The van der Waals surface area contributed by atoms with Crippen LogP contribution < -0.4 is 10.0 Å². The molecule has 1 aliphatic rings. The van der Waals surface area contributed by atoms with E-state index in [1.54, 1.807) is 12.1 Å². The van der Waals surface area contributed by atoms with Gasteiger partial charge in [-0.15, -0.1) is 12.4 Å². The summed E-state index contributed by atoms with van der Waals surface area (Å²) in [4.78, 5) is 0.347. The van der Waals surface area contributed by atoms with Crippen LogP contribution in [0, 0.1) is 5.92 Å². The van der Waals surface area contributed by atoms with Crippen molar-refractivity contribution in [2.75, 3.05) is 19.6 Å². The number of sulfonamides is 1. The quantitative estimate of drug-likeness (QED) is 0.861. The van der Waals surface area contributed by atoms with Gasteiger partial charge in [0.15, 0.2) is 0 Å². The molecule has 22 heavy (non-hydrogen) atoms. The molecule has 0 amide bonds. The summed E-state index contributed by atoms with van der Waals surface area (Å²) in [5, 5.41) is 3.29. The van der Waals surface area contributed by atoms with Gasteiger partial charge in [0.1, 0.15) is 0 Å². The molecule has 1 aromatic carbocycles. The summed E-state index contributed by atoms with van der Waals surface area (Å²) in [5.41, 5.74) is 1.17. The molecule has 0 aromatic heterocycles. The van der Waals surface area contributed by atoms with Crippen LogP contribution in [0.25, 0.3) is 0 Å². The van der Waals surface area contributed by atoms with Gasteiger partial charge in [0.05, 0.1) is 4.90 Å². The third-order valence-corrected chi connectivity index (χ3v) is 5.51. The van der Waals surface area contributed by atoms with Crippen molar-refractivity contribution in [3.63, 3.8) is 0 Å². The Morgan fingerprint density at radius 2 is 1.86 bits per heavy atom. The van der Waals surface area contributed by atoms with Crippen LogP contribution in [0.1, 0.15) is 39.2 Å². The van der Waals surface area contributed by atoms with E-state index in [9.17, 15) is 8.42 Å². The van der Waals surface area contributed by atoms with E-state index >= 15 is 0 Å². The molecule has 0 bridgehead atoms. The van der Waals surface area contributed by atoms with E-state index in [1.165, 1.54) is 0 Å². The van der Waals surface area contributed by atoms with Crippen molar-refractivity contribution in [2.45, 2.75) is 43.9 Å². The van der Waals surface area contributed by atoms with E-state index in [-0.39, 0.29) is 17.8 Å². The minimum Gasteiger partial charge on any atom is -0.316 e. The minimum absolute atomic E-state index is 0. The first-order chi connectivity index (χ1) is 9.79. The molecule has 0 spiro atoms. The number of hydrogen-bond acceptors (Lipinski definition) is 3. The molecule has 1 fully saturated rings. The monoisotopic (exact) mass is 346 g/mol. The highest BCUT2D eigenvalue weighted by molar-refractivity contribution is 7.89. The van der Waals surface area contributed by atoms with Crippen molar-refractivity contribution >= 4 is 22.4 Å². The number of halogens is 1. The Kier molecular flexibility index (Phi) is 6.86. The number of hydrogen-bond donors (Lipinski definition) is 2. The topological polar surface area (TPSA) is 58.2 Å². The van der Waals surface area contributed by atoms with Crippen molar-refractivity contribution in [3.05, 3.63) is 29.8 Å². The van der Waals surface area contributed by atoms with Gasteiger partial charge in [0.25, 0.3) is 0 Å².